The summed E-state index contributed by atoms with van der Waals surface area (Å²) in [5.41, 5.74) is 0.450. The van der Waals surface area contributed by atoms with E-state index >= 15 is 0 Å². The molecular formula is C12H11N3O5. The smallest absolute Gasteiger partial charge is 0.277 e. The van der Waals surface area contributed by atoms with Crippen LogP contribution in [0.5, 0.6) is 0 Å². The summed E-state index contributed by atoms with van der Waals surface area (Å²) in [6.45, 7) is -0.379. The van der Waals surface area contributed by atoms with Crippen LogP contribution in [0.4, 0.5) is 11.4 Å². The molecule has 0 radical (unpaired) electrons. The highest BCUT2D eigenvalue weighted by atomic mass is 16.6. The average Bonchev–Trinajstić information content (AvgIpc) is 2.67. The zero-order chi connectivity index (χ0) is 14.7. The summed E-state index contributed by atoms with van der Waals surface area (Å²) in [6.07, 6.45) is 1.12. The summed E-state index contributed by atoms with van der Waals surface area (Å²) in [4.78, 5) is 34.2. The molecule has 2 rings (SSSR count). The number of amides is 2. The molecule has 2 N–H and O–H groups in total. The van der Waals surface area contributed by atoms with Gasteiger partial charge in [-0.1, -0.05) is 0 Å². The number of nitrogens with zero attached hydrogens (tertiary/aromatic N) is 2. The predicted molar refractivity (Wildman–Crippen MR) is 68.6 cm³/mol. The highest BCUT2D eigenvalue weighted by molar-refractivity contribution is 6.17. The lowest BCUT2D eigenvalue weighted by molar-refractivity contribution is -0.384. The monoisotopic (exact) mass is 277 g/mol. The van der Waals surface area contributed by atoms with Gasteiger partial charge in [0.05, 0.1) is 18.1 Å². The lowest BCUT2D eigenvalue weighted by Crippen LogP contribution is -2.34. The first-order valence-corrected chi connectivity index (χ1v) is 5.73. The molecule has 0 unspecified atom stereocenters. The number of nitrogens with one attached hydrogen (secondary N) is 1. The molecule has 1 aromatic carbocycles. The first-order chi connectivity index (χ1) is 9.52. The molecule has 1 aliphatic rings. The Bertz CT molecular complexity index is 594. The van der Waals surface area contributed by atoms with Gasteiger partial charge in [0.2, 0.25) is 0 Å². The molecular weight excluding hydrogens is 266 g/mol. The van der Waals surface area contributed by atoms with Crippen LogP contribution in [-0.4, -0.2) is 39.9 Å². The van der Waals surface area contributed by atoms with Gasteiger partial charge < -0.3 is 10.4 Å². The third-order valence-electron chi connectivity index (χ3n) is 2.69. The van der Waals surface area contributed by atoms with Gasteiger partial charge in [0.1, 0.15) is 5.70 Å². The van der Waals surface area contributed by atoms with E-state index in [2.05, 4.69) is 5.32 Å². The van der Waals surface area contributed by atoms with Gasteiger partial charge in [0, 0.05) is 23.9 Å². The average molecular weight is 277 g/mol. The van der Waals surface area contributed by atoms with Crippen molar-refractivity contribution in [3.63, 3.8) is 0 Å². The van der Waals surface area contributed by atoms with E-state index in [0.717, 1.165) is 11.0 Å². The van der Waals surface area contributed by atoms with Crippen LogP contribution in [0.2, 0.25) is 0 Å². The lowest BCUT2D eigenvalue weighted by atomic mass is 10.2. The van der Waals surface area contributed by atoms with Crippen LogP contribution in [-0.2, 0) is 9.59 Å². The Morgan fingerprint density at radius 1 is 1.25 bits per heavy atom. The largest absolute Gasteiger partial charge is 0.395 e. The zero-order valence-corrected chi connectivity index (χ0v) is 10.3. The Labute approximate surface area is 113 Å². The van der Waals surface area contributed by atoms with Crippen LogP contribution in [0.15, 0.2) is 36.0 Å². The number of nitro groups is 1. The SMILES string of the molecule is O=C1C=C(Nc2ccc([N+](=O)[O-])cc2)C(=O)N1CCO. The summed E-state index contributed by atoms with van der Waals surface area (Å²) < 4.78 is 0. The van der Waals surface area contributed by atoms with Gasteiger partial charge in [-0.3, -0.25) is 24.6 Å². The molecule has 0 aromatic heterocycles. The number of benzene rings is 1. The minimum absolute atomic E-state index is 0.0669. The van der Waals surface area contributed by atoms with Gasteiger partial charge >= 0.3 is 0 Å². The van der Waals surface area contributed by atoms with Crippen molar-refractivity contribution in [3.8, 4) is 0 Å². The van der Waals surface area contributed by atoms with E-state index in [1.165, 1.54) is 24.3 Å². The number of carbonyl (C=O) groups excluding carboxylic acids is 2. The van der Waals surface area contributed by atoms with Crippen LogP contribution in [0, 0.1) is 10.1 Å². The lowest BCUT2D eigenvalue weighted by Gasteiger charge is -2.13. The van der Waals surface area contributed by atoms with Crippen LogP contribution in [0.3, 0.4) is 0 Å². The van der Waals surface area contributed by atoms with Gasteiger partial charge in [0.25, 0.3) is 17.5 Å². The molecule has 0 spiro atoms. The molecule has 0 aliphatic carbocycles. The Balaban J connectivity index is 2.11. The Morgan fingerprint density at radius 3 is 2.45 bits per heavy atom. The molecule has 0 bridgehead atoms. The number of hydrogen-bond donors (Lipinski definition) is 2. The van der Waals surface area contributed by atoms with E-state index in [9.17, 15) is 19.7 Å². The maximum Gasteiger partial charge on any atom is 0.277 e. The fourth-order valence-electron chi connectivity index (χ4n) is 1.73. The number of nitro benzene ring substituents is 1. The number of rotatable bonds is 5. The number of hydrogen-bond acceptors (Lipinski definition) is 6. The minimum atomic E-state index is -0.539. The van der Waals surface area contributed by atoms with Crippen molar-refractivity contribution in [1.29, 1.82) is 0 Å². The Hall–Kier alpha value is -2.74. The van der Waals surface area contributed by atoms with Gasteiger partial charge in [-0.2, -0.15) is 0 Å². The predicted octanol–water partition coefficient (Wildman–Crippen LogP) is 0.252. The molecule has 1 aliphatic heterocycles. The standard InChI is InChI=1S/C12H11N3O5/c16-6-5-14-11(17)7-10(12(14)18)13-8-1-3-9(4-2-8)15(19)20/h1-4,7,13,16H,5-6H2. The normalized spacial score (nSPS) is 14.4. The number of β-amino-alcohol motifs (C(OH)–C–C–N with tert-alkyl or cyclic N) is 1. The molecule has 0 saturated carbocycles. The second-order valence-corrected chi connectivity index (χ2v) is 4.01. The van der Waals surface area contributed by atoms with Crippen LogP contribution >= 0.6 is 0 Å². The van der Waals surface area contributed by atoms with Crippen molar-refractivity contribution in [2.75, 3.05) is 18.5 Å². The number of imide groups is 1. The second kappa shape index (κ2) is 5.49. The summed E-state index contributed by atoms with van der Waals surface area (Å²) >= 11 is 0. The molecule has 0 fully saturated rings. The van der Waals surface area contributed by atoms with Crippen molar-refractivity contribution >= 4 is 23.2 Å². The highest BCUT2D eigenvalue weighted by Crippen LogP contribution is 2.19. The molecule has 2 amide bonds. The van der Waals surface area contributed by atoms with E-state index < -0.39 is 16.7 Å². The van der Waals surface area contributed by atoms with Gasteiger partial charge in [-0.15, -0.1) is 0 Å². The number of aliphatic hydroxyl groups excluding tert-OH is 1. The van der Waals surface area contributed by atoms with E-state index in [4.69, 9.17) is 5.11 Å². The van der Waals surface area contributed by atoms with Crippen molar-refractivity contribution in [2.45, 2.75) is 0 Å². The fourth-order valence-corrected chi connectivity index (χ4v) is 1.73. The first kappa shape index (κ1) is 13.7. The summed E-state index contributed by atoms with van der Waals surface area (Å²) in [5.74, 6) is -1.05. The van der Waals surface area contributed by atoms with E-state index in [-0.39, 0.29) is 24.5 Å². The number of anilines is 1. The number of aliphatic hydroxyl groups is 1. The molecule has 1 heterocycles. The third kappa shape index (κ3) is 2.64. The maximum absolute atomic E-state index is 11.8. The van der Waals surface area contributed by atoms with Gasteiger partial charge in [-0.05, 0) is 12.1 Å². The second-order valence-electron chi connectivity index (χ2n) is 4.01. The summed E-state index contributed by atoms with van der Waals surface area (Å²) in [6, 6.07) is 5.45. The quantitative estimate of drug-likeness (QED) is 0.453. The molecule has 1 aromatic rings. The topological polar surface area (TPSA) is 113 Å². The Kier molecular flexibility index (Phi) is 3.76. The van der Waals surface area contributed by atoms with Crippen LogP contribution < -0.4 is 5.32 Å². The molecule has 0 atom stereocenters. The maximum atomic E-state index is 11.8. The first-order valence-electron chi connectivity index (χ1n) is 5.73. The Morgan fingerprint density at radius 2 is 1.90 bits per heavy atom. The summed E-state index contributed by atoms with van der Waals surface area (Å²) in [7, 11) is 0. The van der Waals surface area contributed by atoms with Crippen LogP contribution in [0.25, 0.3) is 0 Å². The van der Waals surface area contributed by atoms with Crippen molar-refractivity contribution in [2.24, 2.45) is 0 Å². The fraction of sp³-hybridized carbons (Fsp3) is 0.167. The molecule has 8 nitrogen and oxygen atoms in total. The summed E-state index contributed by atoms with van der Waals surface area (Å²) in [5, 5.41) is 22.0. The molecule has 0 saturated heterocycles. The molecule has 20 heavy (non-hydrogen) atoms. The van der Waals surface area contributed by atoms with Crippen molar-refractivity contribution in [1.82, 2.24) is 4.90 Å². The number of non-ortho nitro benzene ring substituents is 1. The number of carbonyl (C=O) groups is 2. The van der Waals surface area contributed by atoms with E-state index in [0.29, 0.717) is 5.69 Å². The third-order valence-corrected chi connectivity index (χ3v) is 2.69. The minimum Gasteiger partial charge on any atom is -0.395 e. The highest BCUT2D eigenvalue weighted by Gasteiger charge is 2.30. The zero-order valence-electron chi connectivity index (χ0n) is 10.3. The van der Waals surface area contributed by atoms with Gasteiger partial charge in [0.15, 0.2) is 0 Å². The molecule has 8 heteroatoms. The van der Waals surface area contributed by atoms with Crippen molar-refractivity contribution in [3.05, 3.63) is 46.2 Å². The van der Waals surface area contributed by atoms with E-state index in [1.54, 1.807) is 0 Å². The molecule has 104 valence electrons. The van der Waals surface area contributed by atoms with Gasteiger partial charge in [-0.25, -0.2) is 0 Å². The van der Waals surface area contributed by atoms with Crippen LogP contribution in [0.1, 0.15) is 0 Å². The van der Waals surface area contributed by atoms with Crippen molar-refractivity contribution < 1.29 is 19.6 Å². The van der Waals surface area contributed by atoms with E-state index in [1.807, 2.05) is 0 Å².